The molecule has 0 aliphatic carbocycles. The number of anilines is 5. The van der Waals surface area contributed by atoms with Crippen molar-refractivity contribution in [3.05, 3.63) is 69.5 Å². The second-order valence-corrected chi connectivity index (χ2v) is 7.80. The predicted octanol–water partition coefficient (Wildman–Crippen LogP) is 3.19. The molecule has 2 heterocycles. The molecule has 0 radical (unpaired) electrons. The molecule has 168 valence electrons. The van der Waals surface area contributed by atoms with Crippen LogP contribution in [0.3, 0.4) is 0 Å². The first-order valence-corrected chi connectivity index (χ1v) is 10.3. The summed E-state index contributed by atoms with van der Waals surface area (Å²) in [6.45, 7) is 1.39. The summed E-state index contributed by atoms with van der Waals surface area (Å²) >= 11 is 5.88. The fourth-order valence-electron chi connectivity index (χ4n) is 3.39. The van der Waals surface area contributed by atoms with Crippen LogP contribution in [0.5, 0.6) is 0 Å². The van der Waals surface area contributed by atoms with Gasteiger partial charge in [-0.25, -0.2) is 0 Å². The van der Waals surface area contributed by atoms with Gasteiger partial charge in [-0.2, -0.15) is 4.98 Å². The summed E-state index contributed by atoms with van der Waals surface area (Å²) in [6.07, 6.45) is -0.197. The molecule has 0 spiro atoms. The van der Waals surface area contributed by atoms with Gasteiger partial charge in [-0.05, 0) is 48.5 Å². The Bertz CT molecular complexity index is 1290. The maximum Gasteiger partial charge on any atom is 0.258 e. The Morgan fingerprint density at radius 1 is 0.970 bits per heavy atom. The lowest BCUT2D eigenvalue weighted by molar-refractivity contribution is -0.123. The summed E-state index contributed by atoms with van der Waals surface area (Å²) in [5.41, 5.74) is 1.18. The smallest absolute Gasteiger partial charge is 0.258 e. The van der Waals surface area contributed by atoms with Crippen molar-refractivity contribution >= 4 is 58.2 Å². The van der Waals surface area contributed by atoms with Crippen molar-refractivity contribution < 1.29 is 14.4 Å². The zero-order chi connectivity index (χ0) is 23.5. The molecule has 3 amide bonds. The van der Waals surface area contributed by atoms with Gasteiger partial charge in [0, 0.05) is 35.4 Å². The molecule has 0 saturated carbocycles. The van der Waals surface area contributed by atoms with E-state index in [1.807, 2.05) is 0 Å². The van der Waals surface area contributed by atoms with Crippen molar-refractivity contribution in [3.63, 3.8) is 0 Å². The van der Waals surface area contributed by atoms with E-state index >= 15 is 0 Å². The number of hydrogen-bond acceptors (Lipinski definition) is 6. The molecule has 0 saturated heterocycles. The van der Waals surface area contributed by atoms with E-state index in [4.69, 9.17) is 11.6 Å². The monoisotopic (exact) mass is 466 g/mol. The summed E-state index contributed by atoms with van der Waals surface area (Å²) in [6, 6.07) is 13.2. The van der Waals surface area contributed by atoms with Crippen LogP contribution < -0.4 is 26.8 Å². The average Bonchev–Trinajstić information content (AvgIpc) is 2.75. The van der Waals surface area contributed by atoms with E-state index in [2.05, 4.69) is 31.2 Å². The summed E-state index contributed by atoms with van der Waals surface area (Å²) in [5, 5.41) is 11.4. The Kier molecular flexibility index (Phi) is 6.09. The molecule has 1 aliphatic heterocycles. The SMILES string of the molecule is CC(=O)Nc1ccc(NC(=O)C2CC(=O)Nc3nc(Nc4ccc(Cl)cc4)[nH]c(=O)c32)cc1. The number of nitrogens with zero attached hydrogens (tertiary/aromatic N) is 1. The normalized spacial score (nSPS) is 14.6. The number of aromatic nitrogens is 2. The Hall–Kier alpha value is -4.18. The minimum Gasteiger partial charge on any atom is -0.326 e. The molecular formula is C22H19ClN6O4. The quantitative estimate of drug-likeness (QED) is 0.390. The largest absolute Gasteiger partial charge is 0.326 e. The van der Waals surface area contributed by atoms with E-state index in [0.29, 0.717) is 22.1 Å². The van der Waals surface area contributed by atoms with Crippen molar-refractivity contribution in [1.29, 1.82) is 0 Å². The third kappa shape index (κ3) is 5.18. The van der Waals surface area contributed by atoms with Crippen LogP contribution in [0, 0.1) is 0 Å². The molecule has 4 rings (SSSR count). The highest BCUT2D eigenvalue weighted by atomic mass is 35.5. The lowest BCUT2D eigenvalue weighted by atomic mass is 9.92. The van der Waals surface area contributed by atoms with Crippen LogP contribution in [0.1, 0.15) is 24.8 Å². The molecule has 0 fully saturated rings. The summed E-state index contributed by atoms with van der Waals surface area (Å²) in [4.78, 5) is 56.0. The van der Waals surface area contributed by atoms with E-state index in [-0.39, 0.29) is 29.7 Å². The fourth-order valence-corrected chi connectivity index (χ4v) is 3.52. The number of rotatable bonds is 5. The van der Waals surface area contributed by atoms with Crippen LogP contribution in [-0.4, -0.2) is 27.7 Å². The maximum atomic E-state index is 12.9. The van der Waals surface area contributed by atoms with E-state index < -0.39 is 23.3 Å². The maximum absolute atomic E-state index is 12.9. The molecular weight excluding hydrogens is 448 g/mol. The molecule has 3 aromatic rings. The molecule has 1 aliphatic rings. The van der Waals surface area contributed by atoms with Crippen LogP contribution in [0.25, 0.3) is 0 Å². The van der Waals surface area contributed by atoms with Gasteiger partial charge in [-0.15, -0.1) is 0 Å². The topological polar surface area (TPSA) is 145 Å². The van der Waals surface area contributed by atoms with Crippen molar-refractivity contribution in [2.24, 2.45) is 0 Å². The summed E-state index contributed by atoms with van der Waals surface area (Å²) < 4.78 is 0. The minimum absolute atomic E-state index is 0.0209. The highest BCUT2D eigenvalue weighted by Crippen LogP contribution is 2.30. The van der Waals surface area contributed by atoms with Crippen molar-refractivity contribution in [2.45, 2.75) is 19.3 Å². The molecule has 1 aromatic heterocycles. The molecule has 2 aromatic carbocycles. The lowest BCUT2D eigenvalue weighted by Crippen LogP contribution is -2.36. The van der Waals surface area contributed by atoms with Crippen LogP contribution >= 0.6 is 11.6 Å². The van der Waals surface area contributed by atoms with Gasteiger partial charge in [0.05, 0.1) is 11.5 Å². The minimum atomic E-state index is -1.02. The molecule has 10 nitrogen and oxygen atoms in total. The van der Waals surface area contributed by atoms with Gasteiger partial charge in [0.2, 0.25) is 23.7 Å². The van der Waals surface area contributed by atoms with Crippen molar-refractivity contribution in [3.8, 4) is 0 Å². The molecule has 33 heavy (non-hydrogen) atoms. The molecule has 5 N–H and O–H groups in total. The third-order valence-corrected chi connectivity index (χ3v) is 5.10. The van der Waals surface area contributed by atoms with E-state index in [9.17, 15) is 19.2 Å². The number of benzene rings is 2. The zero-order valence-corrected chi connectivity index (χ0v) is 18.1. The number of H-pyrrole nitrogens is 1. The van der Waals surface area contributed by atoms with Crippen LogP contribution in [0.2, 0.25) is 5.02 Å². The van der Waals surface area contributed by atoms with Crippen LogP contribution in [0.4, 0.5) is 28.8 Å². The number of carbonyl (C=O) groups excluding carboxylic acids is 3. The van der Waals surface area contributed by atoms with Gasteiger partial charge in [0.1, 0.15) is 5.82 Å². The predicted molar refractivity (Wildman–Crippen MR) is 125 cm³/mol. The zero-order valence-electron chi connectivity index (χ0n) is 17.4. The first-order chi connectivity index (χ1) is 15.8. The van der Waals surface area contributed by atoms with E-state index in [1.165, 1.54) is 6.92 Å². The summed E-state index contributed by atoms with van der Waals surface area (Å²) in [7, 11) is 0. The first kappa shape index (κ1) is 22.0. The molecule has 0 bridgehead atoms. The average molecular weight is 467 g/mol. The lowest BCUT2D eigenvalue weighted by Gasteiger charge is -2.23. The number of amides is 3. The Morgan fingerprint density at radius 2 is 1.58 bits per heavy atom. The first-order valence-electron chi connectivity index (χ1n) is 9.93. The van der Waals surface area contributed by atoms with Crippen molar-refractivity contribution in [1.82, 2.24) is 9.97 Å². The number of fused-ring (bicyclic) bond motifs is 1. The Morgan fingerprint density at radius 3 is 2.21 bits per heavy atom. The van der Waals surface area contributed by atoms with E-state index in [0.717, 1.165) is 0 Å². The second kappa shape index (κ2) is 9.13. The van der Waals surface area contributed by atoms with Gasteiger partial charge in [-0.3, -0.25) is 24.2 Å². The number of hydrogen-bond donors (Lipinski definition) is 5. The molecule has 1 atom stereocenters. The Balaban J connectivity index is 1.56. The second-order valence-electron chi connectivity index (χ2n) is 7.36. The highest BCUT2D eigenvalue weighted by molar-refractivity contribution is 6.30. The Labute approximate surface area is 192 Å². The number of aromatic amines is 1. The van der Waals surface area contributed by atoms with Gasteiger partial charge in [-0.1, -0.05) is 11.6 Å². The van der Waals surface area contributed by atoms with Gasteiger partial charge in [0.15, 0.2) is 0 Å². The van der Waals surface area contributed by atoms with E-state index in [1.54, 1.807) is 48.5 Å². The standard InChI is InChI=1S/C22H19ClN6O4/c1-11(30)24-13-6-8-14(9-7-13)25-20(32)16-10-17(31)27-19-18(16)21(33)29-22(28-19)26-15-4-2-12(23)3-5-15/h2-9,16H,10H2,1H3,(H,24,30)(H,25,32)(H3,26,27,28,29,31,33). The highest BCUT2D eigenvalue weighted by Gasteiger charge is 2.34. The molecule has 1 unspecified atom stereocenters. The van der Waals surface area contributed by atoms with Gasteiger partial charge in [0.25, 0.3) is 5.56 Å². The number of halogens is 1. The molecule has 11 heteroatoms. The van der Waals surface area contributed by atoms with Gasteiger partial charge < -0.3 is 21.3 Å². The number of nitrogens with one attached hydrogen (secondary N) is 5. The van der Waals surface area contributed by atoms with Gasteiger partial charge >= 0.3 is 0 Å². The number of carbonyl (C=O) groups is 3. The summed E-state index contributed by atoms with van der Waals surface area (Å²) in [5.74, 6) is -2.07. The third-order valence-electron chi connectivity index (χ3n) is 4.85. The van der Waals surface area contributed by atoms with Crippen molar-refractivity contribution in [2.75, 3.05) is 21.3 Å². The van der Waals surface area contributed by atoms with Crippen LogP contribution in [-0.2, 0) is 14.4 Å². The van der Waals surface area contributed by atoms with Crippen LogP contribution in [0.15, 0.2) is 53.3 Å². The fraction of sp³-hybridized carbons (Fsp3) is 0.136.